The van der Waals surface area contributed by atoms with Crippen molar-refractivity contribution in [1.82, 2.24) is 9.97 Å². The van der Waals surface area contributed by atoms with Gasteiger partial charge in [-0.05, 0) is 49.4 Å². The van der Waals surface area contributed by atoms with E-state index in [1.54, 1.807) is 24.3 Å². The molecule has 1 aliphatic heterocycles. The van der Waals surface area contributed by atoms with Gasteiger partial charge in [0.2, 0.25) is 5.89 Å². The van der Waals surface area contributed by atoms with Crippen molar-refractivity contribution >= 4 is 38.3 Å². The van der Waals surface area contributed by atoms with E-state index in [1.807, 2.05) is 19.1 Å². The quantitative estimate of drug-likeness (QED) is 0.483. The molecule has 3 heterocycles. The maximum absolute atomic E-state index is 13.8. The van der Waals surface area contributed by atoms with Crippen LogP contribution in [0.2, 0.25) is 0 Å². The number of pyridine rings is 1. The normalized spacial score (nSPS) is 13.3. The van der Waals surface area contributed by atoms with Crippen LogP contribution >= 0.6 is 0 Å². The van der Waals surface area contributed by atoms with Crippen molar-refractivity contribution < 1.29 is 22.7 Å². The van der Waals surface area contributed by atoms with E-state index in [0.717, 1.165) is 5.69 Å². The fraction of sp³-hybridized carbons (Fsp3) is 0.182. The number of aliphatic hydroxyl groups excluding tert-OH is 1. The van der Waals surface area contributed by atoms with Crippen molar-refractivity contribution in [3.05, 3.63) is 65.7 Å². The van der Waals surface area contributed by atoms with Crippen molar-refractivity contribution in [2.24, 2.45) is 0 Å². The molecular weight excluding hydrogens is 432 g/mol. The van der Waals surface area contributed by atoms with Gasteiger partial charge in [0.25, 0.3) is 10.0 Å². The minimum Gasteiger partial charge on any atom is -0.497 e. The highest BCUT2D eigenvalue weighted by Crippen LogP contribution is 2.43. The summed E-state index contributed by atoms with van der Waals surface area (Å²) in [6.07, 6.45) is 0. The third-order valence-electron chi connectivity index (χ3n) is 5.29. The van der Waals surface area contributed by atoms with E-state index < -0.39 is 16.6 Å². The van der Waals surface area contributed by atoms with Gasteiger partial charge in [-0.15, -0.1) is 0 Å². The second-order valence-corrected chi connectivity index (χ2v) is 9.21. The predicted octanol–water partition coefficient (Wildman–Crippen LogP) is 3.48. The Balaban J connectivity index is 1.76. The van der Waals surface area contributed by atoms with E-state index in [2.05, 4.69) is 15.3 Å². The number of methoxy groups -OCH3 is 1. The number of sulfonamides is 1. The minimum atomic E-state index is -4.01. The molecule has 0 aliphatic carbocycles. The van der Waals surface area contributed by atoms with E-state index in [1.165, 1.54) is 23.5 Å². The molecule has 0 saturated carbocycles. The van der Waals surface area contributed by atoms with Crippen LogP contribution < -0.4 is 14.4 Å². The van der Waals surface area contributed by atoms with Gasteiger partial charge in [0.15, 0.2) is 5.58 Å². The third kappa shape index (κ3) is 3.24. The highest BCUT2D eigenvalue weighted by Gasteiger charge is 2.33. The van der Waals surface area contributed by atoms with Crippen molar-refractivity contribution in [3.63, 3.8) is 0 Å². The number of hydrogen-bond donors (Lipinski definition) is 2. The van der Waals surface area contributed by atoms with Crippen molar-refractivity contribution in [2.45, 2.75) is 25.0 Å². The van der Waals surface area contributed by atoms with E-state index in [4.69, 9.17) is 9.15 Å². The van der Waals surface area contributed by atoms with E-state index in [9.17, 15) is 13.5 Å². The molecule has 0 radical (unpaired) electrons. The summed E-state index contributed by atoms with van der Waals surface area (Å²) in [5, 5.41) is 12.7. The van der Waals surface area contributed by atoms with Gasteiger partial charge in [-0.3, -0.25) is 4.31 Å². The first-order chi connectivity index (χ1) is 15.4. The molecule has 2 aromatic carbocycles. The molecule has 32 heavy (non-hydrogen) atoms. The molecule has 2 N–H and O–H groups in total. The SMILES string of the molecule is COc1ccc(S(=O)(=O)N2Cc3ccc(C)nc3Nc3ccc4nc(CO)oc4c32)cc1. The van der Waals surface area contributed by atoms with Gasteiger partial charge in [0.1, 0.15) is 29.4 Å². The first kappa shape index (κ1) is 20.3. The van der Waals surface area contributed by atoms with Crippen LogP contribution in [0, 0.1) is 6.92 Å². The van der Waals surface area contributed by atoms with Crippen LogP contribution in [0.1, 0.15) is 17.1 Å². The van der Waals surface area contributed by atoms with E-state index in [-0.39, 0.29) is 22.9 Å². The molecule has 9 nitrogen and oxygen atoms in total. The largest absolute Gasteiger partial charge is 0.497 e. The third-order valence-corrected chi connectivity index (χ3v) is 7.05. The molecule has 4 aromatic rings. The average molecular weight is 452 g/mol. The number of aliphatic hydroxyl groups is 1. The Morgan fingerprint density at radius 3 is 2.62 bits per heavy atom. The lowest BCUT2D eigenvalue weighted by atomic mass is 10.2. The summed E-state index contributed by atoms with van der Waals surface area (Å²) in [4.78, 5) is 8.90. The highest BCUT2D eigenvalue weighted by atomic mass is 32.2. The topological polar surface area (TPSA) is 118 Å². The maximum atomic E-state index is 13.8. The fourth-order valence-electron chi connectivity index (χ4n) is 3.70. The lowest BCUT2D eigenvalue weighted by molar-refractivity contribution is 0.244. The van der Waals surface area contributed by atoms with Gasteiger partial charge in [0, 0.05) is 11.3 Å². The molecule has 2 aromatic heterocycles. The van der Waals surface area contributed by atoms with Gasteiger partial charge >= 0.3 is 0 Å². The summed E-state index contributed by atoms with van der Waals surface area (Å²) in [5.41, 5.74) is 3.03. The zero-order valence-electron chi connectivity index (χ0n) is 17.4. The summed E-state index contributed by atoms with van der Waals surface area (Å²) in [6.45, 7) is 1.50. The Hall–Kier alpha value is -3.63. The van der Waals surface area contributed by atoms with E-state index >= 15 is 0 Å². The number of anilines is 3. The summed E-state index contributed by atoms with van der Waals surface area (Å²) in [6, 6.07) is 13.3. The molecule has 0 saturated heterocycles. The van der Waals surface area contributed by atoms with Crippen LogP contribution in [0.3, 0.4) is 0 Å². The lowest BCUT2D eigenvalue weighted by Gasteiger charge is -2.24. The molecule has 0 amide bonds. The molecule has 0 bridgehead atoms. The highest BCUT2D eigenvalue weighted by molar-refractivity contribution is 7.92. The number of ether oxygens (including phenoxy) is 1. The van der Waals surface area contributed by atoms with Gasteiger partial charge in [-0.2, -0.15) is 0 Å². The molecule has 1 aliphatic rings. The molecule has 0 fully saturated rings. The number of nitrogens with zero attached hydrogens (tertiary/aromatic N) is 3. The Labute approximate surface area is 184 Å². The smallest absolute Gasteiger partial charge is 0.264 e. The maximum Gasteiger partial charge on any atom is 0.264 e. The number of aryl methyl sites for hydroxylation is 1. The van der Waals surface area contributed by atoms with Gasteiger partial charge in [-0.1, -0.05) is 6.07 Å². The van der Waals surface area contributed by atoms with Crippen molar-refractivity contribution in [2.75, 3.05) is 16.7 Å². The van der Waals surface area contributed by atoms with Crippen LogP contribution in [0.25, 0.3) is 11.1 Å². The van der Waals surface area contributed by atoms with Crippen molar-refractivity contribution in [1.29, 1.82) is 0 Å². The molecule has 10 heteroatoms. The monoisotopic (exact) mass is 452 g/mol. The zero-order valence-corrected chi connectivity index (χ0v) is 18.2. The van der Waals surface area contributed by atoms with Crippen LogP contribution in [0.5, 0.6) is 5.75 Å². The van der Waals surface area contributed by atoms with Crippen LogP contribution in [0.15, 0.2) is 57.8 Å². The number of benzene rings is 2. The first-order valence-corrected chi connectivity index (χ1v) is 11.3. The van der Waals surface area contributed by atoms with Gasteiger partial charge < -0.3 is 19.6 Å². The lowest BCUT2D eigenvalue weighted by Crippen LogP contribution is -2.30. The molecule has 164 valence electrons. The Bertz CT molecular complexity index is 1430. The van der Waals surface area contributed by atoms with Crippen LogP contribution in [-0.4, -0.2) is 30.6 Å². The van der Waals surface area contributed by atoms with Gasteiger partial charge in [-0.25, -0.2) is 18.4 Å². The molecule has 0 unspecified atom stereocenters. The number of fused-ring (bicyclic) bond motifs is 4. The number of rotatable bonds is 4. The number of hydrogen-bond acceptors (Lipinski definition) is 8. The number of aromatic nitrogens is 2. The molecular formula is C22H20N4O5S. The Morgan fingerprint density at radius 2 is 1.91 bits per heavy atom. The summed E-state index contributed by atoms with van der Waals surface area (Å²) in [5.74, 6) is 1.22. The average Bonchev–Trinajstić information content (AvgIpc) is 3.14. The molecule has 5 rings (SSSR count). The zero-order chi connectivity index (χ0) is 22.5. The summed E-state index contributed by atoms with van der Waals surface area (Å²) < 4.78 is 39.8. The fourth-order valence-corrected chi connectivity index (χ4v) is 5.17. The summed E-state index contributed by atoms with van der Waals surface area (Å²) >= 11 is 0. The predicted molar refractivity (Wildman–Crippen MR) is 119 cm³/mol. The standard InChI is InChI=1S/C22H20N4O5S/c1-13-3-4-14-11-26(32(28,29)16-7-5-15(30-2)6-8-16)20-17(25-22(14)23-13)9-10-18-21(20)31-19(12-27)24-18/h3-10,27H,11-12H2,1-2H3,(H,23,25). The Morgan fingerprint density at radius 1 is 1.12 bits per heavy atom. The molecule has 0 spiro atoms. The second kappa shape index (κ2) is 7.50. The Kier molecular flexibility index (Phi) is 4.75. The summed E-state index contributed by atoms with van der Waals surface area (Å²) in [7, 11) is -2.49. The van der Waals surface area contributed by atoms with Gasteiger partial charge in [0.05, 0.1) is 24.2 Å². The van der Waals surface area contributed by atoms with Crippen molar-refractivity contribution in [3.8, 4) is 5.75 Å². The van der Waals surface area contributed by atoms with E-state index in [0.29, 0.717) is 34.0 Å². The van der Waals surface area contributed by atoms with Crippen LogP contribution in [-0.2, 0) is 23.2 Å². The molecule has 0 atom stereocenters. The van der Waals surface area contributed by atoms with Crippen LogP contribution in [0.4, 0.5) is 17.2 Å². The number of nitrogens with one attached hydrogen (secondary N) is 1. The first-order valence-electron chi connectivity index (χ1n) is 9.84. The minimum absolute atomic E-state index is 0.0330. The second-order valence-electron chi connectivity index (χ2n) is 7.35. The number of oxazole rings is 1.